The highest BCUT2D eigenvalue weighted by Gasteiger charge is 2.49. The van der Waals surface area contributed by atoms with Gasteiger partial charge in [-0.25, -0.2) is 22.9 Å². The number of rotatable bonds is 8. The molecule has 3 heterocycles. The van der Waals surface area contributed by atoms with Gasteiger partial charge in [0.1, 0.15) is 11.9 Å². The highest BCUT2D eigenvalue weighted by molar-refractivity contribution is 9.10. The van der Waals surface area contributed by atoms with Gasteiger partial charge in [0.15, 0.2) is 10.8 Å². The number of carbonyl (C=O) groups is 2. The number of alkyl halides is 2. The van der Waals surface area contributed by atoms with Crippen molar-refractivity contribution in [2.75, 3.05) is 26.2 Å². The number of carboxylic acid groups (broad SMARTS) is 1. The van der Waals surface area contributed by atoms with E-state index in [0.29, 0.717) is 20.9 Å². The van der Waals surface area contributed by atoms with E-state index in [-0.39, 0.29) is 31.0 Å². The summed E-state index contributed by atoms with van der Waals surface area (Å²) in [5, 5.41) is 14.4. The first kappa shape index (κ1) is 26.3. The van der Waals surface area contributed by atoms with Crippen LogP contribution in [0.3, 0.4) is 0 Å². The molecule has 2 atom stereocenters. The molecule has 1 aromatic heterocycles. The quantitative estimate of drug-likeness (QED) is 0.451. The van der Waals surface area contributed by atoms with Gasteiger partial charge in [-0.15, -0.1) is 11.3 Å². The molecule has 0 bridgehead atoms. The summed E-state index contributed by atoms with van der Waals surface area (Å²) in [6.45, 7) is 0.757. The lowest BCUT2D eigenvalue weighted by Crippen LogP contribution is -2.39. The normalized spacial score (nSPS) is 21.8. The van der Waals surface area contributed by atoms with Crippen LogP contribution in [0.15, 0.2) is 50.5 Å². The van der Waals surface area contributed by atoms with E-state index < -0.39 is 48.6 Å². The Kier molecular flexibility index (Phi) is 7.81. The number of ether oxygens (including phenoxy) is 1. The Morgan fingerprint density at radius 3 is 2.81 bits per heavy atom. The van der Waals surface area contributed by atoms with Gasteiger partial charge in [0.05, 0.1) is 25.1 Å². The molecule has 13 heteroatoms. The molecule has 1 aromatic carbocycles. The molecule has 1 fully saturated rings. The molecule has 2 unspecified atom stereocenters. The van der Waals surface area contributed by atoms with Crippen molar-refractivity contribution in [1.82, 2.24) is 15.2 Å². The number of halogens is 4. The maximum atomic E-state index is 14.6. The number of carbonyl (C=O) groups excluding carboxylic acids is 1. The van der Waals surface area contributed by atoms with Crippen LogP contribution in [0.5, 0.6) is 0 Å². The minimum atomic E-state index is -3.21. The SMILES string of the molecule is CCOC(=O)C1=C(CN2CC(CC(=O)O)C(F)(F)C2)NC(c2nccs2)=NC1c1ccc(F)cc1Br. The third kappa shape index (κ3) is 5.62. The van der Waals surface area contributed by atoms with Crippen LogP contribution in [0.25, 0.3) is 0 Å². The van der Waals surface area contributed by atoms with Gasteiger partial charge in [0.2, 0.25) is 0 Å². The molecule has 8 nitrogen and oxygen atoms in total. The topological polar surface area (TPSA) is 104 Å². The molecule has 2 aliphatic rings. The Balaban J connectivity index is 1.77. The van der Waals surface area contributed by atoms with Gasteiger partial charge in [0, 0.05) is 40.8 Å². The van der Waals surface area contributed by atoms with Crippen LogP contribution >= 0.6 is 27.3 Å². The smallest absolute Gasteiger partial charge is 0.338 e. The van der Waals surface area contributed by atoms with Crippen LogP contribution < -0.4 is 5.32 Å². The van der Waals surface area contributed by atoms with Gasteiger partial charge >= 0.3 is 11.9 Å². The first-order chi connectivity index (χ1) is 17.1. The molecule has 192 valence electrons. The summed E-state index contributed by atoms with van der Waals surface area (Å²) in [4.78, 5) is 34.6. The molecule has 0 saturated carbocycles. The second-order valence-electron chi connectivity index (χ2n) is 8.35. The Hall–Kier alpha value is -2.77. The second-order valence-corrected chi connectivity index (χ2v) is 10.1. The maximum absolute atomic E-state index is 14.6. The van der Waals surface area contributed by atoms with Crippen molar-refractivity contribution in [2.45, 2.75) is 25.3 Å². The lowest BCUT2D eigenvalue weighted by Gasteiger charge is -2.29. The van der Waals surface area contributed by atoms with Gasteiger partial charge in [-0.3, -0.25) is 14.7 Å². The first-order valence-corrected chi connectivity index (χ1v) is 12.7. The highest BCUT2D eigenvalue weighted by Crippen LogP contribution is 2.39. The standard InChI is InChI=1S/C23H22BrF3N4O4S/c1-2-35-22(34)18-16(10-31-9-12(7-17(32)33)23(26,27)11-31)29-20(21-28-5-6-36-21)30-19(18)14-4-3-13(25)8-15(14)24/h3-6,8,12,19H,2,7,9-11H2,1H3,(H,29,30)(H,32,33). The molecule has 0 aliphatic carbocycles. The van der Waals surface area contributed by atoms with Crippen molar-refractivity contribution in [3.05, 3.63) is 61.9 Å². The number of hydrogen-bond acceptors (Lipinski definition) is 8. The minimum absolute atomic E-state index is 0.0679. The third-order valence-corrected chi connectivity index (χ3v) is 7.29. The van der Waals surface area contributed by atoms with Gasteiger partial charge in [0.25, 0.3) is 5.92 Å². The predicted octanol–water partition coefficient (Wildman–Crippen LogP) is 3.99. The number of nitrogens with zero attached hydrogens (tertiary/aromatic N) is 3. The molecule has 1 saturated heterocycles. The van der Waals surface area contributed by atoms with Crippen molar-refractivity contribution in [3.8, 4) is 0 Å². The molecule has 2 aromatic rings. The number of esters is 1. The number of nitrogens with one attached hydrogen (secondary N) is 1. The Morgan fingerprint density at radius 2 is 2.17 bits per heavy atom. The highest BCUT2D eigenvalue weighted by atomic mass is 79.9. The summed E-state index contributed by atoms with van der Waals surface area (Å²) in [5.74, 6) is -6.74. The Bertz CT molecular complexity index is 1220. The molecular formula is C23H22BrF3N4O4S. The summed E-state index contributed by atoms with van der Waals surface area (Å²) in [5.41, 5.74) is 0.846. The van der Waals surface area contributed by atoms with Crippen LogP contribution in [0, 0.1) is 11.7 Å². The minimum Gasteiger partial charge on any atom is -0.481 e. The van der Waals surface area contributed by atoms with Gasteiger partial charge in [-0.05, 0) is 24.6 Å². The van der Waals surface area contributed by atoms with Crippen LogP contribution in [-0.2, 0) is 14.3 Å². The van der Waals surface area contributed by atoms with E-state index in [4.69, 9.17) is 9.84 Å². The molecule has 36 heavy (non-hydrogen) atoms. The molecule has 0 amide bonds. The first-order valence-electron chi connectivity index (χ1n) is 11.0. The fraction of sp³-hybridized carbons (Fsp3) is 0.391. The molecular weight excluding hydrogens is 565 g/mol. The molecule has 2 aliphatic heterocycles. The summed E-state index contributed by atoms with van der Waals surface area (Å²) >= 11 is 4.63. The van der Waals surface area contributed by atoms with E-state index in [1.807, 2.05) is 0 Å². The van der Waals surface area contributed by atoms with E-state index >= 15 is 0 Å². The second kappa shape index (κ2) is 10.7. The van der Waals surface area contributed by atoms with Crippen molar-refractivity contribution in [2.24, 2.45) is 10.9 Å². The number of thiazole rings is 1. The largest absolute Gasteiger partial charge is 0.481 e. The van der Waals surface area contributed by atoms with Crippen molar-refractivity contribution >= 4 is 45.0 Å². The van der Waals surface area contributed by atoms with Crippen molar-refractivity contribution < 1.29 is 32.6 Å². The maximum Gasteiger partial charge on any atom is 0.338 e. The fourth-order valence-corrected chi connectivity index (χ4v) is 5.43. The molecule has 0 spiro atoms. The predicted molar refractivity (Wildman–Crippen MR) is 129 cm³/mol. The van der Waals surface area contributed by atoms with Gasteiger partial charge in [-0.2, -0.15) is 0 Å². The number of carboxylic acids is 1. The third-order valence-electron chi connectivity index (χ3n) is 5.83. The number of aromatic nitrogens is 1. The number of benzene rings is 1. The van der Waals surface area contributed by atoms with Crippen LogP contribution in [0.1, 0.15) is 30.0 Å². The van der Waals surface area contributed by atoms with E-state index in [1.54, 1.807) is 18.5 Å². The van der Waals surface area contributed by atoms with Crippen LogP contribution in [-0.4, -0.2) is 64.9 Å². The van der Waals surface area contributed by atoms with E-state index in [1.165, 1.54) is 34.4 Å². The average molecular weight is 587 g/mol. The lowest BCUT2D eigenvalue weighted by atomic mass is 9.95. The summed E-state index contributed by atoms with van der Waals surface area (Å²) < 4.78 is 48.6. The average Bonchev–Trinajstić information content (AvgIpc) is 3.41. The molecule has 0 radical (unpaired) electrons. The summed E-state index contributed by atoms with van der Waals surface area (Å²) in [7, 11) is 0. The Labute approximate surface area is 217 Å². The van der Waals surface area contributed by atoms with Gasteiger partial charge < -0.3 is 15.2 Å². The van der Waals surface area contributed by atoms with Gasteiger partial charge in [-0.1, -0.05) is 22.0 Å². The van der Waals surface area contributed by atoms with E-state index in [2.05, 4.69) is 31.2 Å². The fourth-order valence-electron chi connectivity index (χ4n) is 4.27. The number of hydrogen-bond donors (Lipinski definition) is 2. The van der Waals surface area contributed by atoms with Crippen LogP contribution in [0.2, 0.25) is 0 Å². The Morgan fingerprint density at radius 1 is 1.39 bits per heavy atom. The number of amidine groups is 1. The molecule has 2 N–H and O–H groups in total. The monoisotopic (exact) mass is 586 g/mol. The van der Waals surface area contributed by atoms with E-state index in [9.17, 15) is 22.8 Å². The number of likely N-dealkylation sites (tertiary alicyclic amines) is 1. The number of aliphatic carboxylic acids is 1. The summed E-state index contributed by atoms with van der Waals surface area (Å²) in [6.07, 6.45) is 0.909. The summed E-state index contributed by atoms with van der Waals surface area (Å²) in [6, 6.07) is 3.03. The zero-order chi connectivity index (χ0) is 26.0. The van der Waals surface area contributed by atoms with Crippen molar-refractivity contribution in [3.63, 3.8) is 0 Å². The van der Waals surface area contributed by atoms with E-state index in [0.717, 1.165) is 0 Å². The molecule has 4 rings (SSSR count). The van der Waals surface area contributed by atoms with Crippen LogP contribution in [0.4, 0.5) is 13.2 Å². The van der Waals surface area contributed by atoms with Crippen molar-refractivity contribution in [1.29, 1.82) is 0 Å². The zero-order valence-corrected chi connectivity index (χ0v) is 21.4. The lowest BCUT2D eigenvalue weighted by molar-refractivity contribution is -0.141. The zero-order valence-electron chi connectivity index (χ0n) is 19.0. The number of aliphatic imine (C=N–C) groups is 1.